The highest BCUT2D eigenvalue weighted by atomic mass is 35.5. The fourth-order valence-electron chi connectivity index (χ4n) is 2.51. The molecule has 6 heteroatoms. The zero-order valence-corrected chi connectivity index (χ0v) is 10.2. The Bertz CT molecular complexity index is 195. The lowest BCUT2D eigenvalue weighted by Crippen LogP contribution is -2.65. The minimum absolute atomic E-state index is 0. The van der Waals surface area contributed by atoms with Crippen LogP contribution in [-0.4, -0.2) is 52.5 Å². The molecule has 4 atom stereocenters. The molecule has 0 saturated carbocycles. The van der Waals surface area contributed by atoms with Gasteiger partial charge >= 0.3 is 0 Å². The van der Waals surface area contributed by atoms with Crippen LogP contribution < -0.4 is 5.73 Å². The summed E-state index contributed by atoms with van der Waals surface area (Å²) in [6, 6.07) is 0.0104. The fraction of sp³-hybridized carbons (Fsp3) is 1.00. The van der Waals surface area contributed by atoms with E-state index in [1.165, 1.54) is 12.8 Å². The molecule has 2 saturated heterocycles. The average molecular weight is 259 g/mol. The first kappa shape index (κ1) is 15.4. The van der Waals surface area contributed by atoms with Gasteiger partial charge in [0.1, 0.15) is 0 Å². The van der Waals surface area contributed by atoms with Crippen molar-refractivity contribution in [2.24, 2.45) is 5.73 Å². The number of piperidine rings is 2. The van der Waals surface area contributed by atoms with Gasteiger partial charge in [0, 0.05) is 18.6 Å². The van der Waals surface area contributed by atoms with Gasteiger partial charge < -0.3 is 15.9 Å². The highest BCUT2D eigenvalue weighted by Crippen LogP contribution is 2.25. The van der Waals surface area contributed by atoms with Crippen molar-refractivity contribution in [2.75, 3.05) is 13.1 Å². The molecule has 2 aliphatic heterocycles. The second-order valence-electron chi connectivity index (χ2n) is 4.19. The van der Waals surface area contributed by atoms with Crippen molar-refractivity contribution >= 4 is 24.8 Å². The average Bonchev–Trinajstić information content (AvgIpc) is 2.15. The van der Waals surface area contributed by atoms with Crippen molar-refractivity contribution in [1.29, 1.82) is 0 Å². The minimum atomic E-state index is -0.737. The Kier molecular flexibility index (Phi) is 6.40. The van der Waals surface area contributed by atoms with Crippen molar-refractivity contribution in [2.45, 2.75) is 43.6 Å². The Morgan fingerprint density at radius 1 is 1.13 bits per heavy atom. The predicted octanol–water partition coefficient (Wildman–Crippen LogP) is -0.253. The standard InChI is InChI=1S/C9H18N2O2.2ClH/c10-8-6-3-1-2-4-11(6)5-7(12)9(8)13;;/h6-9,12-13H,1-5,10H2;2*1H/t6-,7+,8-,9-;;/m1../s1. The van der Waals surface area contributed by atoms with Gasteiger partial charge in [0.15, 0.2) is 0 Å². The lowest BCUT2D eigenvalue weighted by molar-refractivity contribution is -0.0828. The molecule has 0 aromatic carbocycles. The van der Waals surface area contributed by atoms with Gasteiger partial charge in [0.2, 0.25) is 0 Å². The monoisotopic (exact) mass is 258 g/mol. The van der Waals surface area contributed by atoms with Gasteiger partial charge in [-0.15, -0.1) is 24.8 Å². The van der Waals surface area contributed by atoms with E-state index in [4.69, 9.17) is 5.73 Å². The molecule has 92 valence electrons. The summed E-state index contributed by atoms with van der Waals surface area (Å²) in [5, 5.41) is 19.1. The van der Waals surface area contributed by atoms with E-state index in [0.29, 0.717) is 6.54 Å². The molecule has 0 aromatic heterocycles. The summed E-state index contributed by atoms with van der Waals surface area (Å²) in [4.78, 5) is 2.21. The van der Waals surface area contributed by atoms with Crippen LogP contribution in [0.2, 0.25) is 0 Å². The molecule has 0 bridgehead atoms. The summed E-state index contributed by atoms with van der Waals surface area (Å²) in [7, 11) is 0. The number of rotatable bonds is 0. The molecule has 0 spiro atoms. The van der Waals surface area contributed by atoms with Crippen molar-refractivity contribution in [3.8, 4) is 0 Å². The zero-order chi connectivity index (χ0) is 9.42. The topological polar surface area (TPSA) is 69.7 Å². The van der Waals surface area contributed by atoms with E-state index in [0.717, 1.165) is 13.0 Å². The second kappa shape index (κ2) is 6.23. The summed E-state index contributed by atoms with van der Waals surface area (Å²) in [5.74, 6) is 0. The molecule has 15 heavy (non-hydrogen) atoms. The van der Waals surface area contributed by atoms with E-state index >= 15 is 0 Å². The van der Waals surface area contributed by atoms with Gasteiger partial charge in [-0.3, -0.25) is 4.90 Å². The van der Waals surface area contributed by atoms with Crippen molar-refractivity contribution in [3.63, 3.8) is 0 Å². The first-order valence-electron chi connectivity index (χ1n) is 5.06. The maximum atomic E-state index is 9.58. The first-order chi connectivity index (χ1) is 6.20. The summed E-state index contributed by atoms with van der Waals surface area (Å²) >= 11 is 0. The molecule has 0 aliphatic carbocycles. The van der Waals surface area contributed by atoms with Gasteiger partial charge in [-0.1, -0.05) is 6.42 Å². The van der Waals surface area contributed by atoms with Crippen LogP contribution in [0.4, 0.5) is 0 Å². The molecule has 0 unspecified atom stereocenters. The molecule has 4 nitrogen and oxygen atoms in total. The quantitative estimate of drug-likeness (QED) is 0.561. The van der Waals surface area contributed by atoms with E-state index in [9.17, 15) is 10.2 Å². The highest BCUT2D eigenvalue weighted by molar-refractivity contribution is 5.85. The number of fused-ring (bicyclic) bond motifs is 1. The summed E-state index contributed by atoms with van der Waals surface area (Å²) in [5.41, 5.74) is 5.87. The second-order valence-corrected chi connectivity index (χ2v) is 4.19. The molecule has 0 radical (unpaired) electrons. The van der Waals surface area contributed by atoms with Crippen molar-refractivity contribution in [3.05, 3.63) is 0 Å². The lowest BCUT2D eigenvalue weighted by atomic mass is 9.86. The number of hydrogen-bond donors (Lipinski definition) is 3. The Balaban J connectivity index is 0.000000980. The van der Waals surface area contributed by atoms with Gasteiger partial charge in [-0.2, -0.15) is 0 Å². The van der Waals surface area contributed by atoms with Gasteiger partial charge in [-0.25, -0.2) is 0 Å². The highest BCUT2D eigenvalue weighted by Gasteiger charge is 2.40. The Morgan fingerprint density at radius 2 is 1.80 bits per heavy atom. The minimum Gasteiger partial charge on any atom is -0.389 e. The number of aliphatic hydroxyl groups excluding tert-OH is 2. The molecular formula is C9H20Cl2N2O2. The van der Waals surface area contributed by atoms with E-state index in [-0.39, 0.29) is 36.9 Å². The SMILES string of the molecule is Cl.Cl.N[C@H]1[C@H](O)[C@@H](O)CN2CCCC[C@H]12. The molecule has 4 N–H and O–H groups in total. The molecule has 0 amide bonds. The molecule has 2 heterocycles. The van der Waals surface area contributed by atoms with Crippen LogP contribution in [0.1, 0.15) is 19.3 Å². The van der Waals surface area contributed by atoms with Crippen LogP contribution >= 0.6 is 24.8 Å². The maximum Gasteiger partial charge on any atom is 0.0977 e. The fourth-order valence-corrected chi connectivity index (χ4v) is 2.51. The van der Waals surface area contributed by atoms with Crippen molar-refractivity contribution < 1.29 is 10.2 Å². The normalized spacial score (nSPS) is 41.0. The number of hydrogen-bond acceptors (Lipinski definition) is 4. The number of aliphatic hydroxyl groups is 2. The molecule has 2 rings (SSSR count). The zero-order valence-electron chi connectivity index (χ0n) is 8.58. The van der Waals surface area contributed by atoms with Crippen molar-refractivity contribution in [1.82, 2.24) is 4.90 Å². The lowest BCUT2D eigenvalue weighted by Gasteiger charge is -2.47. The summed E-state index contributed by atoms with van der Waals surface area (Å²) in [6.07, 6.45) is 2.04. The number of nitrogens with zero attached hydrogens (tertiary/aromatic N) is 1. The summed E-state index contributed by atoms with van der Waals surface area (Å²) < 4.78 is 0. The number of halogens is 2. The van der Waals surface area contributed by atoms with E-state index in [1.807, 2.05) is 0 Å². The Hall–Kier alpha value is 0.420. The predicted molar refractivity (Wildman–Crippen MR) is 63.7 cm³/mol. The van der Waals surface area contributed by atoms with Gasteiger partial charge in [-0.05, 0) is 19.4 Å². The molecule has 2 aliphatic rings. The van der Waals surface area contributed by atoms with Crippen LogP contribution in [0.5, 0.6) is 0 Å². The van der Waals surface area contributed by atoms with Crippen LogP contribution in [0, 0.1) is 0 Å². The first-order valence-corrected chi connectivity index (χ1v) is 5.06. The largest absolute Gasteiger partial charge is 0.389 e. The van der Waals surface area contributed by atoms with Crippen LogP contribution in [0.3, 0.4) is 0 Å². The molecule has 0 aromatic rings. The van der Waals surface area contributed by atoms with E-state index < -0.39 is 12.2 Å². The molecular weight excluding hydrogens is 239 g/mol. The van der Waals surface area contributed by atoms with Crippen LogP contribution in [-0.2, 0) is 0 Å². The maximum absolute atomic E-state index is 9.58. The smallest absolute Gasteiger partial charge is 0.0977 e. The third-order valence-corrected chi connectivity index (χ3v) is 3.32. The Morgan fingerprint density at radius 3 is 2.47 bits per heavy atom. The van der Waals surface area contributed by atoms with Crippen LogP contribution in [0.25, 0.3) is 0 Å². The molecule has 2 fully saturated rings. The van der Waals surface area contributed by atoms with E-state index in [1.54, 1.807) is 0 Å². The van der Waals surface area contributed by atoms with Crippen LogP contribution in [0.15, 0.2) is 0 Å². The van der Waals surface area contributed by atoms with Gasteiger partial charge in [0.05, 0.1) is 12.2 Å². The number of nitrogens with two attached hydrogens (primary N) is 1. The van der Waals surface area contributed by atoms with E-state index in [2.05, 4.69) is 4.90 Å². The third kappa shape index (κ3) is 2.96. The third-order valence-electron chi connectivity index (χ3n) is 3.32. The Labute approximate surface area is 103 Å². The van der Waals surface area contributed by atoms with Gasteiger partial charge in [0.25, 0.3) is 0 Å². The summed E-state index contributed by atoms with van der Waals surface area (Å²) in [6.45, 7) is 1.60.